The maximum absolute atomic E-state index is 11.0. The molecule has 0 aromatic rings. The zero-order chi connectivity index (χ0) is 18.4. The van der Waals surface area contributed by atoms with Crippen LogP contribution in [0.4, 0.5) is 0 Å². The lowest BCUT2D eigenvalue weighted by atomic mass is 9.29. The number of hydrogen-bond donors (Lipinski definition) is 2. The van der Waals surface area contributed by atoms with Gasteiger partial charge in [-0.2, -0.15) is 0 Å². The van der Waals surface area contributed by atoms with Gasteiger partial charge in [-0.1, -0.05) is 56.4 Å². The van der Waals surface area contributed by atoms with Gasteiger partial charge in [-0.15, -0.1) is 0 Å². The molecule has 0 atom stereocenters. The van der Waals surface area contributed by atoms with Crippen molar-refractivity contribution in [1.82, 2.24) is 0 Å². The maximum Gasteiger partial charge on any atom is 0.309 e. The Morgan fingerprint density at radius 1 is 0.731 bits per heavy atom. The number of carboxylic acid groups (broad SMARTS) is 1. The second-order valence-electron chi connectivity index (χ2n) is 11.4. The van der Waals surface area contributed by atoms with Crippen molar-refractivity contribution in [3.8, 4) is 0 Å². The Bertz CT molecular complexity index is 512. The van der Waals surface area contributed by atoms with Crippen LogP contribution in [0, 0.1) is 32.5 Å². The quantitative estimate of drug-likeness (QED) is 0.699. The van der Waals surface area contributed by atoms with Crippen LogP contribution in [-0.2, 0) is 9.59 Å². The van der Waals surface area contributed by atoms with Crippen molar-refractivity contribution >= 4 is 11.9 Å². The third-order valence-electron chi connectivity index (χ3n) is 8.22. The van der Waals surface area contributed by atoms with Gasteiger partial charge >= 0.3 is 5.97 Å². The van der Waals surface area contributed by atoms with Gasteiger partial charge in [0.15, 0.2) is 0 Å². The average Bonchev–Trinajstić information content (AvgIpc) is 1.99. The van der Waals surface area contributed by atoms with E-state index in [4.69, 9.17) is 10.8 Å². The molecular formula is C22H41NO3. The normalized spacial score (nSPS) is 41.2. The van der Waals surface area contributed by atoms with Gasteiger partial charge < -0.3 is 10.8 Å². The molecule has 0 saturated heterocycles. The van der Waals surface area contributed by atoms with Gasteiger partial charge in [0.05, 0.1) is 10.8 Å². The summed E-state index contributed by atoms with van der Waals surface area (Å²) in [6, 6.07) is 0. The number of amides is 1. The Kier molecular flexibility index (Phi) is 5.05. The molecule has 0 heterocycles. The molecule has 6 saturated carbocycles. The lowest BCUT2D eigenvalue weighted by Crippen LogP contribution is -2.71. The standard InChI is InChI=1S/C10H17NO.C10H16O2.2CH4/c2*1-8(2,3)10-4-9(5-10,6-10)7(11)12;;/h4-6H2,1-3H3,(H2,11,12);4-6H2,1-3H3,(H,11,12);2*1H4. The van der Waals surface area contributed by atoms with Crippen molar-refractivity contribution in [1.29, 1.82) is 0 Å². The summed E-state index contributed by atoms with van der Waals surface area (Å²) in [5.41, 5.74) is 6.42. The highest BCUT2D eigenvalue weighted by molar-refractivity contribution is 5.85. The Morgan fingerprint density at radius 3 is 1.19 bits per heavy atom. The van der Waals surface area contributed by atoms with Gasteiger partial charge in [0.1, 0.15) is 0 Å². The largest absolute Gasteiger partial charge is 0.481 e. The van der Waals surface area contributed by atoms with Crippen molar-refractivity contribution in [3.05, 3.63) is 0 Å². The molecule has 3 N–H and O–H groups in total. The van der Waals surface area contributed by atoms with Crippen LogP contribution in [0.3, 0.4) is 0 Å². The highest BCUT2D eigenvalue weighted by Gasteiger charge is 2.75. The van der Waals surface area contributed by atoms with E-state index in [1.165, 1.54) is 0 Å². The third kappa shape index (κ3) is 2.62. The smallest absolute Gasteiger partial charge is 0.309 e. The Hall–Kier alpha value is -1.06. The predicted octanol–water partition coefficient (Wildman–Crippen LogP) is 5.25. The first-order valence-electron chi connectivity index (χ1n) is 9.16. The number of hydrogen-bond acceptors (Lipinski definition) is 2. The van der Waals surface area contributed by atoms with Gasteiger partial charge in [0, 0.05) is 0 Å². The van der Waals surface area contributed by atoms with Crippen LogP contribution < -0.4 is 5.73 Å². The number of rotatable bonds is 2. The van der Waals surface area contributed by atoms with Crippen LogP contribution in [0.15, 0.2) is 0 Å². The third-order valence-corrected chi connectivity index (χ3v) is 8.22. The van der Waals surface area contributed by atoms with Crippen LogP contribution in [0.1, 0.15) is 94.9 Å². The molecule has 0 radical (unpaired) electrons. The Morgan fingerprint density at radius 2 is 1.00 bits per heavy atom. The molecule has 6 aliphatic carbocycles. The van der Waals surface area contributed by atoms with Gasteiger partial charge in [-0.3, -0.25) is 9.59 Å². The number of carboxylic acids is 1. The predicted molar refractivity (Wildman–Crippen MR) is 107 cm³/mol. The molecule has 26 heavy (non-hydrogen) atoms. The van der Waals surface area contributed by atoms with E-state index in [0.29, 0.717) is 21.7 Å². The first kappa shape index (κ1) is 23.0. The monoisotopic (exact) mass is 367 g/mol. The van der Waals surface area contributed by atoms with E-state index >= 15 is 0 Å². The maximum atomic E-state index is 11.0. The number of carbonyl (C=O) groups is 2. The van der Waals surface area contributed by atoms with Gasteiger partial charge in [0.2, 0.25) is 5.91 Å². The van der Waals surface area contributed by atoms with E-state index in [2.05, 4.69) is 41.5 Å². The molecule has 152 valence electrons. The number of carbonyl (C=O) groups excluding carboxylic acids is 1. The summed E-state index contributed by atoms with van der Waals surface area (Å²) < 4.78 is 0. The van der Waals surface area contributed by atoms with E-state index < -0.39 is 5.97 Å². The Balaban J connectivity index is 0.000000241. The van der Waals surface area contributed by atoms with Gasteiger partial charge in [-0.05, 0) is 60.2 Å². The summed E-state index contributed by atoms with van der Waals surface area (Å²) in [4.78, 5) is 21.8. The summed E-state index contributed by atoms with van der Waals surface area (Å²) in [5.74, 6) is -0.651. The summed E-state index contributed by atoms with van der Waals surface area (Å²) in [6.45, 7) is 13.4. The van der Waals surface area contributed by atoms with Crippen molar-refractivity contribution in [2.75, 3.05) is 0 Å². The molecule has 4 heteroatoms. The summed E-state index contributed by atoms with van der Waals surface area (Å²) in [7, 11) is 0. The zero-order valence-electron chi connectivity index (χ0n) is 16.1. The SMILES string of the molecule is C.C.CC(C)(C)C12CC(C(=O)O)(C1)C2.CC(C)(C)C12CC(C(N)=O)(C1)C2. The van der Waals surface area contributed by atoms with Crippen molar-refractivity contribution < 1.29 is 14.7 Å². The van der Waals surface area contributed by atoms with Crippen LogP contribution in [0.25, 0.3) is 0 Å². The number of primary amides is 1. The van der Waals surface area contributed by atoms with Crippen molar-refractivity contribution in [2.24, 2.45) is 38.2 Å². The minimum Gasteiger partial charge on any atom is -0.481 e. The summed E-state index contributed by atoms with van der Waals surface area (Å²) in [6.07, 6.45) is 5.87. The molecule has 0 aromatic carbocycles. The molecule has 0 aliphatic heterocycles. The molecule has 4 bridgehead atoms. The van der Waals surface area contributed by atoms with E-state index in [9.17, 15) is 9.59 Å². The molecule has 6 rings (SSSR count). The van der Waals surface area contributed by atoms with E-state index in [1.54, 1.807) is 0 Å². The zero-order valence-corrected chi connectivity index (χ0v) is 16.1. The minimum atomic E-state index is -0.575. The Labute approximate surface area is 160 Å². The number of aliphatic carboxylic acids is 1. The van der Waals surface area contributed by atoms with E-state index in [-0.39, 0.29) is 31.6 Å². The van der Waals surface area contributed by atoms with Crippen LogP contribution in [-0.4, -0.2) is 17.0 Å². The average molecular weight is 368 g/mol. The fourth-order valence-corrected chi connectivity index (χ4v) is 5.66. The second kappa shape index (κ2) is 5.72. The first-order valence-corrected chi connectivity index (χ1v) is 9.16. The first-order chi connectivity index (χ1) is 10.6. The summed E-state index contributed by atoms with van der Waals surface area (Å²) in [5, 5.41) is 8.91. The molecule has 0 spiro atoms. The molecule has 0 aromatic heterocycles. The molecule has 0 unspecified atom stereocenters. The molecule has 6 fully saturated rings. The fraction of sp³-hybridized carbons (Fsp3) is 0.909. The molecule has 1 amide bonds. The highest BCUT2D eigenvalue weighted by Crippen LogP contribution is 2.79. The van der Waals surface area contributed by atoms with Gasteiger partial charge in [-0.25, -0.2) is 0 Å². The highest BCUT2D eigenvalue weighted by atomic mass is 16.4. The summed E-state index contributed by atoms with van der Waals surface area (Å²) >= 11 is 0. The fourth-order valence-electron chi connectivity index (χ4n) is 5.66. The van der Waals surface area contributed by atoms with E-state index in [0.717, 1.165) is 38.5 Å². The molecular weight excluding hydrogens is 326 g/mol. The lowest BCUT2D eigenvalue weighted by Gasteiger charge is -2.74. The van der Waals surface area contributed by atoms with Crippen molar-refractivity contribution in [3.63, 3.8) is 0 Å². The van der Waals surface area contributed by atoms with Crippen LogP contribution >= 0.6 is 0 Å². The van der Waals surface area contributed by atoms with E-state index in [1.807, 2.05) is 0 Å². The molecule has 6 aliphatic rings. The van der Waals surface area contributed by atoms with Crippen LogP contribution in [0.2, 0.25) is 0 Å². The number of nitrogens with two attached hydrogens (primary N) is 1. The lowest BCUT2D eigenvalue weighted by molar-refractivity contribution is -0.259. The van der Waals surface area contributed by atoms with Crippen molar-refractivity contribution in [2.45, 2.75) is 94.9 Å². The topological polar surface area (TPSA) is 80.4 Å². The van der Waals surface area contributed by atoms with Crippen LogP contribution in [0.5, 0.6) is 0 Å². The van der Waals surface area contributed by atoms with Gasteiger partial charge in [0.25, 0.3) is 0 Å². The second-order valence-corrected chi connectivity index (χ2v) is 11.4. The molecule has 4 nitrogen and oxygen atoms in total. The minimum absolute atomic E-state index is 0.